The second kappa shape index (κ2) is 5.53. The van der Waals surface area contributed by atoms with E-state index >= 15 is 0 Å². The summed E-state index contributed by atoms with van der Waals surface area (Å²) in [6.07, 6.45) is 4.64. The first kappa shape index (κ1) is 13.7. The minimum absolute atomic E-state index is 0.0709. The molecule has 1 fully saturated rings. The van der Waals surface area contributed by atoms with Crippen molar-refractivity contribution in [1.82, 2.24) is 0 Å². The lowest BCUT2D eigenvalue weighted by molar-refractivity contribution is -0.123. The number of thiophene rings is 1. The third kappa shape index (κ3) is 3.42. The Hall–Kier alpha value is -0.680. The maximum atomic E-state index is 12.1. The summed E-state index contributed by atoms with van der Waals surface area (Å²) in [6, 6.07) is 1.96. The van der Waals surface area contributed by atoms with Crippen molar-refractivity contribution >= 4 is 27.0 Å². The number of Topliss-reactive ketones (excluding diaryl/α,β-unsaturated/α-hetero) is 1. The molecule has 0 amide bonds. The Bertz CT molecular complexity index is 502. The van der Waals surface area contributed by atoms with E-state index in [9.17, 15) is 13.2 Å². The average molecular weight is 286 g/mol. The molecule has 2 unspecified atom stereocenters. The number of hydrogen-bond acceptors (Lipinski definition) is 4. The zero-order valence-electron chi connectivity index (χ0n) is 10.5. The molecule has 0 aliphatic heterocycles. The Morgan fingerprint density at radius 3 is 2.83 bits per heavy atom. The fourth-order valence-electron chi connectivity index (χ4n) is 2.57. The lowest BCUT2D eigenvalue weighted by Crippen LogP contribution is -2.31. The third-order valence-corrected chi connectivity index (χ3v) is 6.02. The van der Waals surface area contributed by atoms with E-state index in [1.165, 1.54) is 6.26 Å². The quantitative estimate of drug-likeness (QED) is 0.854. The summed E-state index contributed by atoms with van der Waals surface area (Å²) >= 11 is 1.58. The number of carbonyl (C=O) groups is 1. The van der Waals surface area contributed by atoms with Crippen LogP contribution in [0.15, 0.2) is 16.8 Å². The molecule has 0 radical (unpaired) electrons. The molecule has 0 N–H and O–H groups in total. The van der Waals surface area contributed by atoms with Crippen molar-refractivity contribution < 1.29 is 13.2 Å². The van der Waals surface area contributed by atoms with Crippen LogP contribution in [0.4, 0.5) is 0 Å². The van der Waals surface area contributed by atoms with E-state index < -0.39 is 9.84 Å². The van der Waals surface area contributed by atoms with Gasteiger partial charge < -0.3 is 0 Å². The first-order chi connectivity index (χ1) is 8.47. The van der Waals surface area contributed by atoms with Crippen molar-refractivity contribution in [2.24, 2.45) is 5.92 Å². The molecule has 1 aliphatic carbocycles. The normalized spacial score (nSPS) is 24.9. The molecule has 0 aromatic carbocycles. The highest BCUT2D eigenvalue weighted by Gasteiger charge is 2.32. The van der Waals surface area contributed by atoms with Crippen LogP contribution in [0.5, 0.6) is 0 Å². The van der Waals surface area contributed by atoms with Crippen molar-refractivity contribution in [3.63, 3.8) is 0 Å². The highest BCUT2D eigenvalue weighted by Crippen LogP contribution is 2.30. The van der Waals surface area contributed by atoms with Gasteiger partial charge in [0.15, 0.2) is 0 Å². The lowest BCUT2D eigenvalue weighted by Gasteiger charge is -2.26. The van der Waals surface area contributed by atoms with Crippen LogP contribution in [0.2, 0.25) is 0 Å². The lowest BCUT2D eigenvalue weighted by atomic mass is 9.84. The van der Waals surface area contributed by atoms with Gasteiger partial charge >= 0.3 is 0 Å². The zero-order chi connectivity index (χ0) is 13.2. The predicted molar refractivity (Wildman–Crippen MR) is 73.6 cm³/mol. The van der Waals surface area contributed by atoms with E-state index in [1.807, 2.05) is 16.8 Å². The van der Waals surface area contributed by atoms with E-state index in [0.717, 1.165) is 18.4 Å². The molecule has 1 heterocycles. The van der Waals surface area contributed by atoms with E-state index in [1.54, 1.807) is 11.3 Å². The van der Waals surface area contributed by atoms with E-state index in [4.69, 9.17) is 0 Å². The topological polar surface area (TPSA) is 51.2 Å². The van der Waals surface area contributed by atoms with Crippen molar-refractivity contribution in [2.45, 2.75) is 37.4 Å². The number of ketones is 1. The van der Waals surface area contributed by atoms with Crippen LogP contribution in [0, 0.1) is 5.92 Å². The van der Waals surface area contributed by atoms with Gasteiger partial charge in [-0.3, -0.25) is 4.79 Å². The van der Waals surface area contributed by atoms with E-state index in [0.29, 0.717) is 19.3 Å². The molecule has 18 heavy (non-hydrogen) atoms. The Balaban J connectivity index is 1.98. The minimum atomic E-state index is -3.00. The maximum Gasteiger partial charge on any atom is 0.150 e. The van der Waals surface area contributed by atoms with E-state index in [2.05, 4.69) is 0 Å². The standard InChI is InChI=1S/C13H18O3S2/c1-18(15,16)12-4-2-3-11(8-12)13(14)7-10-5-6-17-9-10/h5-6,9,11-12H,2-4,7-8H2,1H3. The van der Waals surface area contributed by atoms with Crippen LogP contribution >= 0.6 is 11.3 Å². The number of carbonyl (C=O) groups excluding carboxylic acids is 1. The molecule has 0 saturated heterocycles. The van der Waals surface area contributed by atoms with Crippen molar-refractivity contribution in [3.05, 3.63) is 22.4 Å². The van der Waals surface area contributed by atoms with Crippen LogP contribution < -0.4 is 0 Å². The molecule has 0 bridgehead atoms. The van der Waals surface area contributed by atoms with Crippen molar-refractivity contribution in [2.75, 3.05) is 6.26 Å². The molecule has 3 nitrogen and oxygen atoms in total. The predicted octanol–water partition coefficient (Wildman–Crippen LogP) is 2.46. The fourth-order valence-corrected chi connectivity index (χ4v) is 4.41. The second-order valence-electron chi connectivity index (χ2n) is 5.09. The summed E-state index contributed by atoms with van der Waals surface area (Å²) in [6.45, 7) is 0. The smallest absolute Gasteiger partial charge is 0.150 e. The van der Waals surface area contributed by atoms with Gasteiger partial charge in [0, 0.05) is 18.6 Å². The van der Waals surface area contributed by atoms with Crippen LogP contribution in [0.1, 0.15) is 31.2 Å². The SMILES string of the molecule is CS(=O)(=O)C1CCCC(C(=O)Cc2ccsc2)C1. The monoisotopic (exact) mass is 286 g/mol. The van der Waals surface area contributed by atoms with Gasteiger partial charge in [0.1, 0.15) is 15.6 Å². The minimum Gasteiger partial charge on any atom is -0.299 e. The summed E-state index contributed by atoms with van der Waals surface area (Å²) in [4.78, 5) is 12.1. The molecule has 1 aromatic heterocycles. The molecule has 1 aliphatic rings. The summed E-state index contributed by atoms with van der Waals surface area (Å²) in [5.74, 6) is 0.125. The van der Waals surface area contributed by atoms with Gasteiger partial charge in [-0.15, -0.1) is 0 Å². The van der Waals surface area contributed by atoms with Crippen molar-refractivity contribution in [1.29, 1.82) is 0 Å². The molecule has 0 spiro atoms. The van der Waals surface area contributed by atoms with Gasteiger partial charge in [-0.1, -0.05) is 6.42 Å². The van der Waals surface area contributed by atoms with Crippen LogP contribution in [-0.2, 0) is 21.1 Å². The highest BCUT2D eigenvalue weighted by molar-refractivity contribution is 7.91. The van der Waals surface area contributed by atoms with Crippen LogP contribution in [0.3, 0.4) is 0 Å². The number of sulfone groups is 1. The van der Waals surface area contributed by atoms with Gasteiger partial charge in [0.25, 0.3) is 0 Å². The highest BCUT2D eigenvalue weighted by atomic mass is 32.2. The summed E-state index contributed by atoms with van der Waals surface area (Å²) in [7, 11) is -3.00. The first-order valence-electron chi connectivity index (χ1n) is 6.19. The van der Waals surface area contributed by atoms with Gasteiger partial charge in [-0.25, -0.2) is 8.42 Å². The molecule has 1 aromatic rings. The van der Waals surface area contributed by atoms with Gasteiger partial charge in [-0.2, -0.15) is 11.3 Å². The Morgan fingerprint density at radius 1 is 1.44 bits per heavy atom. The number of hydrogen-bond donors (Lipinski definition) is 0. The Kier molecular flexibility index (Phi) is 4.22. The Labute approximate surface area is 112 Å². The van der Waals surface area contributed by atoms with Gasteiger partial charge in [-0.05, 0) is 41.7 Å². The second-order valence-corrected chi connectivity index (χ2v) is 8.20. The number of rotatable bonds is 4. The largest absolute Gasteiger partial charge is 0.299 e. The summed E-state index contributed by atoms with van der Waals surface area (Å²) in [5, 5.41) is 3.63. The van der Waals surface area contributed by atoms with Crippen LogP contribution in [-0.4, -0.2) is 25.7 Å². The van der Waals surface area contributed by atoms with Gasteiger partial charge in [0.2, 0.25) is 0 Å². The van der Waals surface area contributed by atoms with Crippen molar-refractivity contribution in [3.8, 4) is 0 Å². The Morgan fingerprint density at radius 2 is 2.22 bits per heavy atom. The summed E-state index contributed by atoms with van der Waals surface area (Å²) in [5.41, 5.74) is 1.05. The molecule has 1 saturated carbocycles. The molecule has 100 valence electrons. The summed E-state index contributed by atoms with van der Waals surface area (Å²) < 4.78 is 23.1. The molecule has 5 heteroatoms. The van der Waals surface area contributed by atoms with Crippen LogP contribution in [0.25, 0.3) is 0 Å². The fraction of sp³-hybridized carbons (Fsp3) is 0.615. The maximum absolute atomic E-state index is 12.1. The third-order valence-electron chi connectivity index (χ3n) is 3.65. The molecule has 2 atom stereocenters. The zero-order valence-corrected chi connectivity index (χ0v) is 12.1. The van der Waals surface area contributed by atoms with Gasteiger partial charge in [0.05, 0.1) is 5.25 Å². The first-order valence-corrected chi connectivity index (χ1v) is 9.09. The molecule has 2 rings (SSSR count). The molecular weight excluding hydrogens is 268 g/mol. The average Bonchev–Trinajstić information content (AvgIpc) is 2.81. The molecular formula is C13H18O3S2. The van der Waals surface area contributed by atoms with E-state index in [-0.39, 0.29) is 17.0 Å².